The number of hydrogen-bond acceptors (Lipinski definition) is 5. The molecule has 0 saturated heterocycles. The van der Waals surface area contributed by atoms with E-state index in [1.807, 2.05) is 37.4 Å². The minimum absolute atomic E-state index is 0.234. The lowest BCUT2D eigenvalue weighted by atomic mass is 10.1. The smallest absolute Gasteiger partial charge is 0.253 e. The second-order valence-electron chi connectivity index (χ2n) is 6.48. The lowest BCUT2D eigenvalue weighted by Gasteiger charge is -2.19. The van der Waals surface area contributed by atoms with Crippen LogP contribution in [0.4, 0.5) is 0 Å². The second-order valence-corrected chi connectivity index (χ2v) is 8.30. The molecule has 2 amide bonds. The van der Waals surface area contributed by atoms with Crippen LogP contribution in [0.3, 0.4) is 0 Å². The zero-order valence-corrected chi connectivity index (χ0v) is 19.8. The van der Waals surface area contributed by atoms with Gasteiger partial charge in [-0.25, -0.2) is 0 Å². The van der Waals surface area contributed by atoms with Crippen LogP contribution >= 0.6 is 35.0 Å². The number of rotatable bonds is 12. The van der Waals surface area contributed by atoms with Crippen LogP contribution in [0, 0.1) is 0 Å². The van der Waals surface area contributed by atoms with Gasteiger partial charge in [-0.1, -0.05) is 23.2 Å². The number of ether oxygens (including phenoxy) is 2. The van der Waals surface area contributed by atoms with Crippen molar-refractivity contribution in [2.24, 2.45) is 0 Å². The van der Waals surface area contributed by atoms with Gasteiger partial charge in [0.15, 0.2) is 0 Å². The Morgan fingerprint density at radius 2 is 1.74 bits per heavy atom. The molecular weight excluding hydrogens is 459 g/mol. The Bertz CT molecular complexity index is 865. The topological polar surface area (TPSA) is 76.7 Å². The Balaban J connectivity index is 1.86. The quantitative estimate of drug-likeness (QED) is 0.435. The molecular formula is C22H26Cl2N2O4S. The van der Waals surface area contributed by atoms with Gasteiger partial charge in [0.2, 0.25) is 5.91 Å². The minimum atomic E-state index is -0.683. The largest absolute Gasteiger partial charge is 0.494 e. The van der Waals surface area contributed by atoms with Crippen LogP contribution in [0.2, 0.25) is 10.0 Å². The maximum Gasteiger partial charge on any atom is 0.253 e. The van der Waals surface area contributed by atoms with Crippen molar-refractivity contribution in [2.75, 3.05) is 31.8 Å². The fraction of sp³-hybridized carbons (Fsp3) is 0.364. The average molecular weight is 485 g/mol. The highest BCUT2D eigenvalue weighted by Gasteiger charge is 2.22. The fourth-order valence-electron chi connectivity index (χ4n) is 2.68. The molecule has 0 heterocycles. The summed E-state index contributed by atoms with van der Waals surface area (Å²) in [5.41, 5.74) is 0.270. The van der Waals surface area contributed by atoms with Crippen molar-refractivity contribution >= 4 is 46.8 Å². The molecule has 0 aliphatic rings. The summed E-state index contributed by atoms with van der Waals surface area (Å²) in [5.74, 6) is 1.48. The third-order valence-corrected chi connectivity index (χ3v) is 5.40. The number of carbonyl (C=O) groups is 2. The summed E-state index contributed by atoms with van der Waals surface area (Å²) in [7, 11) is 0. The predicted octanol–water partition coefficient (Wildman–Crippen LogP) is 4.44. The molecule has 0 aliphatic carbocycles. The van der Waals surface area contributed by atoms with E-state index in [1.165, 1.54) is 12.1 Å². The van der Waals surface area contributed by atoms with Crippen molar-refractivity contribution in [2.45, 2.75) is 19.4 Å². The van der Waals surface area contributed by atoms with E-state index in [2.05, 4.69) is 10.6 Å². The first-order valence-corrected chi connectivity index (χ1v) is 12.0. The molecule has 0 spiro atoms. The summed E-state index contributed by atoms with van der Waals surface area (Å²) in [6, 6.07) is 11.2. The van der Waals surface area contributed by atoms with Gasteiger partial charge in [-0.2, -0.15) is 11.8 Å². The fourth-order valence-corrected chi connectivity index (χ4v) is 3.64. The first-order chi connectivity index (χ1) is 14.9. The lowest BCUT2D eigenvalue weighted by molar-refractivity contribution is -0.123. The van der Waals surface area contributed by atoms with Crippen molar-refractivity contribution in [1.82, 2.24) is 10.6 Å². The van der Waals surface area contributed by atoms with Crippen molar-refractivity contribution in [3.8, 4) is 11.5 Å². The van der Waals surface area contributed by atoms with Crippen LogP contribution in [0.5, 0.6) is 11.5 Å². The Labute approximate surface area is 197 Å². The minimum Gasteiger partial charge on any atom is -0.494 e. The van der Waals surface area contributed by atoms with Crippen molar-refractivity contribution < 1.29 is 19.1 Å². The molecule has 1 unspecified atom stereocenters. The summed E-state index contributed by atoms with van der Waals surface area (Å²) in [6.45, 7) is 3.13. The molecule has 2 aromatic carbocycles. The molecule has 0 bridgehead atoms. The molecule has 31 heavy (non-hydrogen) atoms. The van der Waals surface area contributed by atoms with Crippen LogP contribution in [0.25, 0.3) is 0 Å². The number of hydrogen-bond donors (Lipinski definition) is 2. The Morgan fingerprint density at radius 3 is 2.35 bits per heavy atom. The van der Waals surface area contributed by atoms with Crippen molar-refractivity contribution in [3.63, 3.8) is 0 Å². The molecule has 6 nitrogen and oxygen atoms in total. The van der Waals surface area contributed by atoms with E-state index < -0.39 is 11.9 Å². The zero-order valence-electron chi connectivity index (χ0n) is 17.5. The van der Waals surface area contributed by atoms with Crippen LogP contribution in [-0.4, -0.2) is 49.6 Å². The summed E-state index contributed by atoms with van der Waals surface area (Å²) < 4.78 is 11.0. The zero-order chi connectivity index (χ0) is 22.6. The van der Waals surface area contributed by atoms with Crippen LogP contribution in [0.1, 0.15) is 23.7 Å². The first kappa shape index (κ1) is 25.2. The molecule has 0 radical (unpaired) electrons. The van der Waals surface area contributed by atoms with Gasteiger partial charge in [-0.05, 0) is 67.8 Å². The first-order valence-electron chi connectivity index (χ1n) is 9.82. The highest BCUT2D eigenvalue weighted by Crippen LogP contribution is 2.21. The summed E-state index contributed by atoms with van der Waals surface area (Å²) >= 11 is 13.6. The van der Waals surface area contributed by atoms with E-state index in [9.17, 15) is 9.59 Å². The molecule has 2 N–H and O–H groups in total. The van der Waals surface area contributed by atoms with E-state index in [0.29, 0.717) is 37.0 Å². The highest BCUT2D eigenvalue weighted by atomic mass is 35.5. The Hall–Kier alpha value is -2.09. The molecule has 168 valence electrons. The van der Waals surface area contributed by atoms with E-state index in [0.717, 1.165) is 11.5 Å². The summed E-state index contributed by atoms with van der Waals surface area (Å²) in [4.78, 5) is 25.2. The molecule has 0 aromatic heterocycles. The normalized spacial score (nSPS) is 11.5. The van der Waals surface area contributed by atoms with Gasteiger partial charge >= 0.3 is 0 Å². The Kier molecular flexibility index (Phi) is 10.8. The third-order valence-electron chi connectivity index (χ3n) is 4.21. The standard InChI is InChI=1S/C22H26Cl2N2O4S/c1-3-29-16-5-7-17(8-6-16)30-12-11-25-22(28)20(10-13-31-2)26-21(27)18-9-4-15(23)14-19(18)24/h4-9,14,20H,3,10-13H2,1-2H3,(H,25,28)(H,26,27). The third kappa shape index (κ3) is 8.51. The average Bonchev–Trinajstić information content (AvgIpc) is 2.75. The van der Waals surface area contributed by atoms with Gasteiger partial charge in [-0.15, -0.1) is 0 Å². The molecule has 2 aromatic rings. The molecule has 9 heteroatoms. The van der Waals surface area contributed by atoms with Gasteiger partial charge in [0, 0.05) is 5.02 Å². The Morgan fingerprint density at radius 1 is 1.06 bits per heavy atom. The summed E-state index contributed by atoms with van der Waals surface area (Å²) in [5, 5.41) is 6.24. The monoisotopic (exact) mass is 484 g/mol. The van der Waals surface area contributed by atoms with Gasteiger partial charge < -0.3 is 20.1 Å². The molecule has 0 aliphatic heterocycles. The number of halogens is 2. The van der Waals surface area contributed by atoms with E-state index in [4.69, 9.17) is 32.7 Å². The van der Waals surface area contributed by atoms with E-state index >= 15 is 0 Å². The number of carbonyl (C=O) groups excluding carboxylic acids is 2. The number of nitrogens with one attached hydrogen (secondary N) is 2. The van der Waals surface area contributed by atoms with Gasteiger partial charge in [0.25, 0.3) is 5.91 Å². The molecule has 0 fully saturated rings. The maximum absolute atomic E-state index is 12.6. The second kappa shape index (κ2) is 13.3. The summed E-state index contributed by atoms with van der Waals surface area (Å²) in [6.07, 6.45) is 2.43. The molecule has 2 rings (SSSR count). The van der Waals surface area contributed by atoms with Crippen molar-refractivity contribution in [3.05, 3.63) is 58.1 Å². The predicted molar refractivity (Wildman–Crippen MR) is 127 cm³/mol. The lowest BCUT2D eigenvalue weighted by Crippen LogP contribution is -2.48. The number of benzene rings is 2. The van der Waals surface area contributed by atoms with Gasteiger partial charge in [0.1, 0.15) is 24.1 Å². The van der Waals surface area contributed by atoms with E-state index in [1.54, 1.807) is 17.8 Å². The van der Waals surface area contributed by atoms with Gasteiger partial charge in [-0.3, -0.25) is 9.59 Å². The molecule has 1 atom stereocenters. The highest BCUT2D eigenvalue weighted by molar-refractivity contribution is 7.98. The van der Waals surface area contributed by atoms with Crippen LogP contribution in [0.15, 0.2) is 42.5 Å². The van der Waals surface area contributed by atoms with Crippen LogP contribution < -0.4 is 20.1 Å². The molecule has 0 saturated carbocycles. The maximum atomic E-state index is 12.6. The van der Waals surface area contributed by atoms with Crippen LogP contribution in [-0.2, 0) is 4.79 Å². The number of amides is 2. The SMILES string of the molecule is CCOc1ccc(OCCNC(=O)C(CCSC)NC(=O)c2ccc(Cl)cc2Cl)cc1. The van der Waals surface area contributed by atoms with Gasteiger partial charge in [0.05, 0.1) is 23.7 Å². The van der Waals surface area contributed by atoms with E-state index in [-0.39, 0.29) is 16.5 Å². The van der Waals surface area contributed by atoms with Crippen molar-refractivity contribution in [1.29, 1.82) is 0 Å². The number of thioether (sulfide) groups is 1.